The number of amides is 1. The van der Waals surface area contributed by atoms with Gasteiger partial charge >= 0.3 is 0 Å². The van der Waals surface area contributed by atoms with Crippen molar-refractivity contribution in [3.8, 4) is 0 Å². The smallest absolute Gasteiger partial charge is 0.273 e. The number of anilines is 1. The van der Waals surface area contributed by atoms with Gasteiger partial charge in [-0.2, -0.15) is 5.10 Å². The molecule has 0 saturated carbocycles. The molecule has 2 heterocycles. The number of nitrogens with one attached hydrogen (secondary N) is 3. The van der Waals surface area contributed by atoms with E-state index in [-0.39, 0.29) is 33.5 Å². The molecule has 0 bridgehead atoms. The summed E-state index contributed by atoms with van der Waals surface area (Å²) in [6.07, 6.45) is 2.59. The molecule has 2 aromatic heterocycles. The number of carbonyl (C=O) groups is 1. The summed E-state index contributed by atoms with van der Waals surface area (Å²) in [6, 6.07) is 10.4. The Balaban J connectivity index is 1.71. The van der Waals surface area contributed by atoms with Crippen molar-refractivity contribution in [1.82, 2.24) is 15.1 Å². The molecule has 0 aliphatic carbocycles. The van der Waals surface area contributed by atoms with Crippen LogP contribution in [0.15, 0.2) is 74.4 Å². The van der Waals surface area contributed by atoms with E-state index in [9.17, 15) is 21.6 Å². The second kappa shape index (κ2) is 11.5. The molecule has 0 aliphatic rings. The third kappa shape index (κ3) is 6.93. The van der Waals surface area contributed by atoms with Gasteiger partial charge in [0.2, 0.25) is 10.0 Å². The Bertz CT molecular complexity index is 1400. The Morgan fingerprint density at radius 1 is 1.09 bits per heavy atom. The number of benzene rings is 1. The van der Waals surface area contributed by atoms with E-state index in [1.807, 2.05) is 0 Å². The predicted octanol–water partition coefficient (Wildman–Crippen LogP) is 2.02. The van der Waals surface area contributed by atoms with E-state index >= 15 is 0 Å². The highest BCUT2D eigenvalue weighted by molar-refractivity contribution is 7.94. The van der Waals surface area contributed by atoms with Crippen molar-refractivity contribution in [2.24, 2.45) is 5.10 Å². The van der Waals surface area contributed by atoms with Crippen LogP contribution in [0.3, 0.4) is 0 Å². The van der Waals surface area contributed by atoms with Crippen LogP contribution in [0.4, 0.5) is 5.69 Å². The normalized spacial score (nSPS) is 12.3. The number of carbonyl (C=O) groups excluding carboxylic acids is 1. The molecule has 11 nitrogen and oxygen atoms in total. The Morgan fingerprint density at radius 2 is 1.83 bits per heavy atom. The van der Waals surface area contributed by atoms with Gasteiger partial charge in [0, 0.05) is 19.9 Å². The molecule has 3 N–H and O–H groups in total. The number of methoxy groups -OCH3 is 1. The summed E-state index contributed by atoms with van der Waals surface area (Å²) >= 11 is 1.04. The number of sulfonamides is 2. The van der Waals surface area contributed by atoms with Gasteiger partial charge in [0.05, 0.1) is 34.7 Å². The first kappa shape index (κ1) is 26.4. The Labute approximate surface area is 207 Å². The van der Waals surface area contributed by atoms with Gasteiger partial charge in [0.25, 0.3) is 15.9 Å². The van der Waals surface area contributed by atoms with E-state index in [0.717, 1.165) is 11.3 Å². The zero-order valence-electron chi connectivity index (χ0n) is 18.8. The molecular formula is C21H23N5O6S3. The number of ether oxygens (including phenoxy) is 1. The molecular weight excluding hydrogens is 514 g/mol. The van der Waals surface area contributed by atoms with E-state index in [1.54, 1.807) is 30.5 Å². The van der Waals surface area contributed by atoms with E-state index in [4.69, 9.17) is 4.74 Å². The van der Waals surface area contributed by atoms with E-state index in [1.165, 1.54) is 43.8 Å². The highest BCUT2D eigenvalue weighted by Crippen LogP contribution is 2.22. The molecule has 3 rings (SSSR count). The van der Waals surface area contributed by atoms with Crippen molar-refractivity contribution >= 4 is 48.7 Å². The molecule has 0 aliphatic heterocycles. The van der Waals surface area contributed by atoms with Crippen LogP contribution >= 0.6 is 11.3 Å². The average Bonchev–Trinajstić information content (AvgIpc) is 3.39. The number of aromatic nitrogens is 1. The quantitative estimate of drug-likeness (QED) is 0.192. The first-order valence-electron chi connectivity index (χ1n) is 10.1. The lowest BCUT2D eigenvalue weighted by Gasteiger charge is -2.10. The second-order valence-electron chi connectivity index (χ2n) is 7.01. The monoisotopic (exact) mass is 537 g/mol. The molecule has 186 valence electrons. The maximum absolute atomic E-state index is 12.7. The van der Waals surface area contributed by atoms with Gasteiger partial charge in [0.15, 0.2) is 0 Å². The molecule has 1 aromatic carbocycles. The summed E-state index contributed by atoms with van der Waals surface area (Å²) in [4.78, 5) is 16.7. The van der Waals surface area contributed by atoms with Crippen LogP contribution in [0.1, 0.15) is 22.8 Å². The molecule has 0 spiro atoms. The Kier molecular flexibility index (Phi) is 8.69. The van der Waals surface area contributed by atoms with Crippen LogP contribution in [-0.4, -0.2) is 53.7 Å². The summed E-state index contributed by atoms with van der Waals surface area (Å²) < 4.78 is 59.3. The summed E-state index contributed by atoms with van der Waals surface area (Å²) in [7, 11) is -6.07. The molecule has 0 unspecified atom stereocenters. The maximum atomic E-state index is 12.7. The fraction of sp³-hybridized carbons (Fsp3) is 0.190. The van der Waals surface area contributed by atoms with Crippen LogP contribution in [0.2, 0.25) is 0 Å². The van der Waals surface area contributed by atoms with E-state index in [2.05, 4.69) is 25.0 Å². The summed E-state index contributed by atoms with van der Waals surface area (Å²) in [5.74, 6) is -0.655. The number of thiophene rings is 1. The number of nitrogens with zero attached hydrogens (tertiary/aromatic N) is 2. The van der Waals surface area contributed by atoms with Gasteiger partial charge in [-0.05, 0) is 42.1 Å². The molecule has 35 heavy (non-hydrogen) atoms. The third-order valence-corrected chi connectivity index (χ3v) is 8.82. The highest BCUT2D eigenvalue weighted by Gasteiger charge is 2.20. The Hall–Kier alpha value is -3.17. The van der Waals surface area contributed by atoms with E-state index in [0.29, 0.717) is 11.3 Å². The van der Waals surface area contributed by atoms with Gasteiger partial charge in [-0.3, -0.25) is 14.5 Å². The van der Waals surface area contributed by atoms with Crippen LogP contribution in [0.5, 0.6) is 0 Å². The minimum Gasteiger partial charge on any atom is -0.383 e. The van der Waals surface area contributed by atoms with Crippen LogP contribution in [-0.2, 0) is 24.8 Å². The number of hydrogen-bond acceptors (Lipinski definition) is 9. The van der Waals surface area contributed by atoms with Crippen molar-refractivity contribution in [2.45, 2.75) is 16.0 Å². The van der Waals surface area contributed by atoms with Crippen LogP contribution in [0, 0.1) is 0 Å². The first-order chi connectivity index (χ1) is 16.6. The fourth-order valence-corrected chi connectivity index (χ4v) is 5.85. The van der Waals surface area contributed by atoms with Crippen molar-refractivity contribution in [2.75, 3.05) is 25.0 Å². The third-order valence-electron chi connectivity index (χ3n) is 4.58. The van der Waals surface area contributed by atoms with Gasteiger partial charge in [-0.25, -0.2) is 27.0 Å². The fourth-order valence-electron chi connectivity index (χ4n) is 2.78. The van der Waals surface area contributed by atoms with Crippen LogP contribution in [0.25, 0.3) is 0 Å². The molecule has 0 radical (unpaired) electrons. The topological polar surface area (TPSA) is 156 Å². The van der Waals surface area contributed by atoms with Gasteiger partial charge in [0.1, 0.15) is 4.21 Å². The summed E-state index contributed by atoms with van der Waals surface area (Å²) in [6.45, 7) is 2.03. The van der Waals surface area contributed by atoms with E-state index < -0.39 is 26.0 Å². The van der Waals surface area contributed by atoms with Crippen molar-refractivity contribution in [3.05, 3.63) is 71.4 Å². The lowest BCUT2D eigenvalue weighted by atomic mass is 10.1. The number of hydrazone groups is 1. The lowest BCUT2D eigenvalue weighted by molar-refractivity contribution is 0.0955. The number of rotatable bonds is 11. The number of hydrogen-bond donors (Lipinski definition) is 3. The minimum absolute atomic E-state index is 0.00165. The molecule has 3 aromatic rings. The average molecular weight is 538 g/mol. The Morgan fingerprint density at radius 3 is 2.49 bits per heavy atom. The standard InChI is InChI=1S/C21H23N5O6S3/c1-15(16-5-7-17(8-6-16)34(28,29)23-11-12-32-2)24-25-21(27)18-9-10-22-14-19(18)26-35(30,31)20-4-3-13-33-20/h3-10,13-14,23,26H,11-12H2,1-2H3,(H,25,27)/b24-15-. The van der Waals surface area contributed by atoms with Crippen molar-refractivity contribution in [1.29, 1.82) is 0 Å². The highest BCUT2D eigenvalue weighted by atomic mass is 32.2. The lowest BCUT2D eigenvalue weighted by Crippen LogP contribution is -2.27. The van der Waals surface area contributed by atoms with Gasteiger partial charge in [-0.15, -0.1) is 11.3 Å². The molecule has 14 heteroatoms. The zero-order chi connectivity index (χ0) is 25.5. The first-order valence-corrected chi connectivity index (χ1v) is 13.9. The molecule has 0 saturated heterocycles. The zero-order valence-corrected chi connectivity index (χ0v) is 21.2. The van der Waals surface area contributed by atoms with Gasteiger partial charge < -0.3 is 4.74 Å². The van der Waals surface area contributed by atoms with Crippen molar-refractivity contribution in [3.63, 3.8) is 0 Å². The van der Waals surface area contributed by atoms with Gasteiger partial charge in [-0.1, -0.05) is 18.2 Å². The summed E-state index contributed by atoms with van der Waals surface area (Å²) in [5, 5.41) is 5.68. The molecule has 1 amide bonds. The maximum Gasteiger partial charge on any atom is 0.273 e. The minimum atomic E-state index is -3.87. The number of pyridine rings is 1. The van der Waals surface area contributed by atoms with Crippen LogP contribution < -0.4 is 14.9 Å². The predicted molar refractivity (Wildman–Crippen MR) is 133 cm³/mol. The summed E-state index contributed by atoms with van der Waals surface area (Å²) in [5.41, 5.74) is 3.40. The molecule has 0 fully saturated rings. The largest absolute Gasteiger partial charge is 0.383 e. The second-order valence-corrected chi connectivity index (χ2v) is 11.6. The SMILES string of the molecule is COCCNS(=O)(=O)c1ccc(/C(C)=N\NC(=O)c2ccncc2NS(=O)(=O)c2cccs2)cc1. The molecule has 0 atom stereocenters. The van der Waals surface area contributed by atoms with Crippen molar-refractivity contribution < 1.29 is 26.4 Å².